The summed E-state index contributed by atoms with van der Waals surface area (Å²) < 4.78 is 2.53. The molecule has 1 aromatic heterocycles. The minimum Gasteiger partial charge on any atom is -0.347 e. The van der Waals surface area contributed by atoms with E-state index < -0.39 is 0 Å². The number of amides is 1. The molecule has 2 rings (SSSR count). The van der Waals surface area contributed by atoms with E-state index in [1.807, 2.05) is 39.0 Å². The molecular formula is C22H29BrN2O2. The largest absolute Gasteiger partial charge is 0.347 e. The van der Waals surface area contributed by atoms with E-state index in [-0.39, 0.29) is 16.9 Å². The van der Waals surface area contributed by atoms with Crippen LogP contribution in [0.3, 0.4) is 0 Å². The Hall–Kier alpha value is -1.88. The van der Waals surface area contributed by atoms with E-state index in [1.165, 1.54) is 0 Å². The molecule has 1 aromatic carbocycles. The number of anilines is 1. The Morgan fingerprint density at radius 3 is 2.44 bits per heavy atom. The van der Waals surface area contributed by atoms with Crippen molar-refractivity contribution < 1.29 is 4.79 Å². The average molecular weight is 433 g/mol. The summed E-state index contributed by atoms with van der Waals surface area (Å²) >= 11 is 3.41. The predicted molar refractivity (Wildman–Crippen MR) is 116 cm³/mol. The highest BCUT2D eigenvalue weighted by Crippen LogP contribution is 2.23. The number of nitrogens with zero attached hydrogens (tertiary/aromatic N) is 1. The maximum absolute atomic E-state index is 13.1. The van der Waals surface area contributed by atoms with Crippen LogP contribution in [0.2, 0.25) is 0 Å². The van der Waals surface area contributed by atoms with Crippen molar-refractivity contribution >= 4 is 27.5 Å². The Bertz CT molecular complexity index is 914. The minimum atomic E-state index is -0.347. The summed E-state index contributed by atoms with van der Waals surface area (Å²) in [4.78, 5) is 25.9. The fourth-order valence-electron chi connectivity index (χ4n) is 3.31. The third-order valence-corrected chi connectivity index (χ3v) is 5.99. The van der Waals surface area contributed by atoms with E-state index in [0.29, 0.717) is 16.1 Å². The highest BCUT2D eigenvalue weighted by atomic mass is 79.9. The van der Waals surface area contributed by atoms with Crippen LogP contribution in [0.5, 0.6) is 0 Å². The van der Waals surface area contributed by atoms with E-state index in [2.05, 4.69) is 46.6 Å². The first kappa shape index (κ1) is 21.4. The number of hydrogen-bond acceptors (Lipinski definition) is 2. The number of carbonyl (C=O) groups is 1. The van der Waals surface area contributed by atoms with Crippen LogP contribution in [-0.4, -0.2) is 10.5 Å². The van der Waals surface area contributed by atoms with Crippen molar-refractivity contribution in [1.82, 2.24) is 4.57 Å². The van der Waals surface area contributed by atoms with E-state index >= 15 is 0 Å². The van der Waals surface area contributed by atoms with E-state index in [4.69, 9.17) is 0 Å². The van der Waals surface area contributed by atoms with Gasteiger partial charge in [0.05, 0.1) is 4.47 Å². The summed E-state index contributed by atoms with van der Waals surface area (Å²) in [5.74, 6) is 0.193. The summed E-state index contributed by atoms with van der Waals surface area (Å²) in [6.45, 7) is 12.9. The molecule has 0 radical (unpaired) electrons. The minimum absolute atomic E-state index is 0.210. The molecule has 0 aliphatic heterocycles. The van der Waals surface area contributed by atoms with Crippen LogP contribution in [0.15, 0.2) is 27.5 Å². The molecule has 1 amide bonds. The molecule has 0 aliphatic rings. The second-order valence-electron chi connectivity index (χ2n) is 7.44. The van der Waals surface area contributed by atoms with Gasteiger partial charge in [-0.05, 0) is 66.6 Å². The van der Waals surface area contributed by atoms with Gasteiger partial charge >= 0.3 is 0 Å². The second-order valence-corrected chi connectivity index (χ2v) is 8.23. The molecule has 0 saturated heterocycles. The molecule has 0 saturated carbocycles. The Balaban J connectivity index is 2.52. The van der Waals surface area contributed by atoms with Gasteiger partial charge in [-0.2, -0.15) is 0 Å². The van der Waals surface area contributed by atoms with Crippen LogP contribution in [0, 0.1) is 26.7 Å². The van der Waals surface area contributed by atoms with Gasteiger partial charge in [0.2, 0.25) is 5.43 Å². The SMILES string of the molecule is CCc1cccc(C)c1NC(=O)c1c(C)n(CCC(C)C)c(C)c(Br)c1=O. The van der Waals surface area contributed by atoms with Gasteiger partial charge < -0.3 is 9.88 Å². The Morgan fingerprint density at radius 1 is 1.19 bits per heavy atom. The van der Waals surface area contributed by atoms with Crippen LogP contribution in [0.25, 0.3) is 0 Å². The van der Waals surface area contributed by atoms with Crippen molar-refractivity contribution in [2.75, 3.05) is 5.32 Å². The topological polar surface area (TPSA) is 51.1 Å². The van der Waals surface area contributed by atoms with E-state index in [1.54, 1.807) is 0 Å². The van der Waals surface area contributed by atoms with Crippen molar-refractivity contribution in [2.45, 2.75) is 60.9 Å². The number of nitrogens with one attached hydrogen (secondary N) is 1. The molecular weight excluding hydrogens is 404 g/mol. The zero-order chi connectivity index (χ0) is 20.3. The third kappa shape index (κ3) is 4.52. The van der Waals surface area contributed by atoms with Crippen LogP contribution in [0.1, 0.15) is 60.1 Å². The number of hydrogen-bond donors (Lipinski definition) is 1. The molecule has 4 nitrogen and oxygen atoms in total. The monoisotopic (exact) mass is 432 g/mol. The number of benzene rings is 1. The van der Waals surface area contributed by atoms with Gasteiger partial charge in [0.25, 0.3) is 5.91 Å². The number of carbonyl (C=O) groups excluding carboxylic acids is 1. The van der Waals surface area contributed by atoms with Gasteiger partial charge in [0.1, 0.15) is 5.56 Å². The highest BCUT2D eigenvalue weighted by Gasteiger charge is 2.22. The maximum atomic E-state index is 13.1. The Morgan fingerprint density at radius 2 is 1.85 bits per heavy atom. The first-order valence-corrected chi connectivity index (χ1v) is 10.3. The fraction of sp³-hybridized carbons (Fsp3) is 0.455. The van der Waals surface area contributed by atoms with E-state index in [9.17, 15) is 9.59 Å². The molecule has 1 N–H and O–H groups in total. The lowest BCUT2D eigenvalue weighted by Crippen LogP contribution is -2.29. The molecule has 0 bridgehead atoms. The quantitative estimate of drug-likeness (QED) is 0.664. The predicted octanol–water partition coefficient (Wildman–Crippen LogP) is 5.40. The summed E-state index contributed by atoms with van der Waals surface area (Å²) in [6, 6.07) is 5.95. The van der Waals surface area contributed by atoms with Gasteiger partial charge in [-0.25, -0.2) is 0 Å². The number of pyridine rings is 1. The van der Waals surface area contributed by atoms with Crippen LogP contribution in [-0.2, 0) is 13.0 Å². The summed E-state index contributed by atoms with van der Waals surface area (Å²) in [5.41, 5.74) is 4.38. The van der Waals surface area contributed by atoms with Gasteiger partial charge in [-0.1, -0.05) is 39.0 Å². The molecule has 27 heavy (non-hydrogen) atoms. The van der Waals surface area contributed by atoms with Gasteiger partial charge in [0.15, 0.2) is 0 Å². The lowest BCUT2D eigenvalue weighted by Gasteiger charge is -2.20. The Labute approximate surface area is 170 Å². The summed E-state index contributed by atoms with van der Waals surface area (Å²) in [6.07, 6.45) is 1.79. The normalized spacial score (nSPS) is 11.1. The zero-order valence-corrected chi connectivity index (χ0v) is 18.7. The maximum Gasteiger partial charge on any atom is 0.261 e. The number of para-hydroxylation sites is 1. The van der Waals surface area contributed by atoms with Gasteiger partial charge in [-0.15, -0.1) is 0 Å². The smallest absolute Gasteiger partial charge is 0.261 e. The van der Waals surface area contributed by atoms with Crippen LogP contribution < -0.4 is 10.7 Å². The van der Waals surface area contributed by atoms with Crippen molar-refractivity contribution in [3.8, 4) is 0 Å². The van der Waals surface area contributed by atoms with Crippen LogP contribution in [0.4, 0.5) is 5.69 Å². The number of aryl methyl sites for hydroxylation is 2. The van der Waals surface area contributed by atoms with Crippen molar-refractivity contribution in [1.29, 1.82) is 0 Å². The highest BCUT2D eigenvalue weighted by molar-refractivity contribution is 9.10. The van der Waals surface area contributed by atoms with Crippen molar-refractivity contribution in [3.05, 3.63) is 61.0 Å². The van der Waals surface area contributed by atoms with E-state index in [0.717, 1.165) is 41.9 Å². The number of aromatic nitrogens is 1. The fourth-order valence-corrected chi connectivity index (χ4v) is 3.72. The van der Waals surface area contributed by atoms with Crippen molar-refractivity contribution in [2.24, 2.45) is 5.92 Å². The van der Waals surface area contributed by atoms with Crippen LogP contribution >= 0.6 is 15.9 Å². The molecule has 2 aromatic rings. The number of halogens is 1. The molecule has 1 heterocycles. The molecule has 0 unspecified atom stereocenters. The Kier molecular flexibility index (Phi) is 7.04. The molecule has 0 fully saturated rings. The van der Waals surface area contributed by atoms with Crippen molar-refractivity contribution in [3.63, 3.8) is 0 Å². The first-order valence-electron chi connectivity index (χ1n) is 9.48. The first-order chi connectivity index (χ1) is 12.7. The summed E-state index contributed by atoms with van der Waals surface area (Å²) in [7, 11) is 0. The third-order valence-electron chi connectivity index (χ3n) is 5.05. The lowest BCUT2D eigenvalue weighted by molar-refractivity contribution is 0.102. The zero-order valence-electron chi connectivity index (χ0n) is 17.1. The molecule has 146 valence electrons. The average Bonchev–Trinajstić information content (AvgIpc) is 2.61. The standard InChI is InChI=1S/C22H29BrN2O2/c1-7-17-10-8-9-14(4)20(17)24-22(27)18-15(5)25(12-11-13(2)3)16(6)19(23)21(18)26/h8-10,13H,7,11-12H2,1-6H3,(H,24,27). The molecule has 0 atom stereocenters. The summed E-state index contributed by atoms with van der Waals surface area (Å²) in [5, 5.41) is 2.99. The second kappa shape index (κ2) is 8.87. The lowest BCUT2D eigenvalue weighted by atomic mass is 10.0. The number of rotatable bonds is 6. The molecule has 5 heteroatoms. The van der Waals surface area contributed by atoms with Gasteiger partial charge in [-0.3, -0.25) is 9.59 Å². The van der Waals surface area contributed by atoms with Gasteiger partial charge in [0, 0.05) is 23.6 Å². The molecule has 0 spiro atoms. The molecule has 0 aliphatic carbocycles.